The second-order valence-corrected chi connectivity index (χ2v) is 3.68. The van der Waals surface area contributed by atoms with E-state index in [0.29, 0.717) is 17.9 Å². The third-order valence-corrected chi connectivity index (χ3v) is 2.43. The van der Waals surface area contributed by atoms with Crippen LogP contribution in [0.15, 0.2) is 36.7 Å². The number of aryl methyl sites for hydroxylation is 1. The summed E-state index contributed by atoms with van der Waals surface area (Å²) < 4.78 is 7.48. The Balaban J connectivity index is 0.00000162. The van der Waals surface area contributed by atoms with Crippen LogP contribution in [0.2, 0.25) is 0 Å². The smallest absolute Gasteiger partial charge is 0.146 e. The minimum absolute atomic E-state index is 0. The number of hydrogen-bond donors (Lipinski definition) is 2. The van der Waals surface area contributed by atoms with E-state index >= 15 is 0 Å². The first-order chi connectivity index (χ1) is 8.16. The molecule has 0 spiro atoms. The molecule has 96 valence electrons. The van der Waals surface area contributed by atoms with E-state index in [1.54, 1.807) is 18.3 Å². The van der Waals surface area contributed by atoms with E-state index in [1.807, 2.05) is 29.9 Å². The van der Waals surface area contributed by atoms with E-state index in [1.165, 1.54) is 0 Å². The molecule has 2 aromatic rings. The largest absolute Gasteiger partial charge is 0.486 e. The molecule has 0 bridgehead atoms. The molecule has 1 aromatic carbocycles. The summed E-state index contributed by atoms with van der Waals surface area (Å²) in [5.74, 6) is 1.56. The fourth-order valence-corrected chi connectivity index (χ4v) is 1.44. The van der Waals surface area contributed by atoms with Crippen molar-refractivity contribution in [3.05, 3.63) is 48.0 Å². The first-order valence-corrected chi connectivity index (χ1v) is 5.20. The molecule has 0 aliphatic heterocycles. The number of aromatic nitrogens is 2. The van der Waals surface area contributed by atoms with Crippen LogP contribution in [0.1, 0.15) is 11.4 Å². The van der Waals surface area contributed by atoms with Crippen LogP contribution < -0.4 is 10.5 Å². The van der Waals surface area contributed by atoms with Gasteiger partial charge in [0.15, 0.2) is 0 Å². The second kappa shape index (κ2) is 6.07. The summed E-state index contributed by atoms with van der Waals surface area (Å²) in [5.41, 5.74) is 6.06. The van der Waals surface area contributed by atoms with Crippen molar-refractivity contribution in [1.82, 2.24) is 9.55 Å². The van der Waals surface area contributed by atoms with Crippen LogP contribution in [0, 0.1) is 5.41 Å². The highest BCUT2D eigenvalue weighted by Crippen LogP contribution is 2.14. The highest BCUT2D eigenvalue weighted by molar-refractivity contribution is 5.95. The molecular weight excluding hydrogens is 252 g/mol. The summed E-state index contributed by atoms with van der Waals surface area (Å²) in [5, 5.41) is 7.34. The lowest BCUT2D eigenvalue weighted by Gasteiger charge is -2.07. The number of nitrogens with two attached hydrogens (primary N) is 1. The highest BCUT2D eigenvalue weighted by atomic mass is 35.5. The molecule has 0 saturated carbocycles. The van der Waals surface area contributed by atoms with Gasteiger partial charge in [-0.15, -0.1) is 12.4 Å². The van der Waals surface area contributed by atoms with Gasteiger partial charge in [0.2, 0.25) is 0 Å². The van der Waals surface area contributed by atoms with Gasteiger partial charge < -0.3 is 15.0 Å². The van der Waals surface area contributed by atoms with Crippen molar-refractivity contribution in [2.24, 2.45) is 12.8 Å². The third kappa shape index (κ3) is 3.24. The molecular formula is C12H15ClN4O. The first-order valence-electron chi connectivity index (χ1n) is 5.20. The predicted octanol–water partition coefficient (Wildman–Crippen LogP) is 1.70. The Morgan fingerprint density at radius 2 is 2.28 bits per heavy atom. The van der Waals surface area contributed by atoms with Gasteiger partial charge in [-0.3, -0.25) is 5.41 Å². The molecule has 0 amide bonds. The molecule has 0 atom stereocenters. The Morgan fingerprint density at radius 1 is 1.50 bits per heavy atom. The molecule has 0 saturated heterocycles. The zero-order valence-electron chi connectivity index (χ0n) is 9.96. The molecule has 6 heteroatoms. The molecule has 3 N–H and O–H groups in total. The minimum atomic E-state index is 0. The van der Waals surface area contributed by atoms with Crippen molar-refractivity contribution in [1.29, 1.82) is 5.41 Å². The molecule has 0 fully saturated rings. The van der Waals surface area contributed by atoms with Gasteiger partial charge in [0.05, 0.1) is 0 Å². The monoisotopic (exact) mass is 266 g/mol. The molecule has 0 radical (unpaired) electrons. The molecule has 1 heterocycles. The average Bonchev–Trinajstić information content (AvgIpc) is 2.72. The van der Waals surface area contributed by atoms with Gasteiger partial charge in [-0.05, 0) is 12.1 Å². The van der Waals surface area contributed by atoms with E-state index in [-0.39, 0.29) is 18.2 Å². The van der Waals surface area contributed by atoms with Gasteiger partial charge in [-0.25, -0.2) is 4.98 Å². The fourth-order valence-electron chi connectivity index (χ4n) is 1.44. The standard InChI is InChI=1S/C12H14N4O.ClH/c1-16-6-5-15-11(16)8-17-10-4-2-3-9(7-10)12(13)14;/h2-7H,8H2,1H3,(H3,13,14);1H. The van der Waals surface area contributed by atoms with E-state index in [9.17, 15) is 0 Å². The Morgan fingerprint density at radius 3 is 2.89 bits per heavy atom. The van der Waals surface area contributed by atoms with Crippen molar-refractivity contribution < 1.29 is 4.74 Å². The molecule has 0 aliphatic rings. The molecule has 5 nitrogen and oxygen atoms in total. The van der Waals surface area contributed by atoms with Crippen molar-refractivity contribution >= 4 is 18.2 Å². The lowest BCUT2D eigenvalue weighted by molar-refractivity contribution is 0.292. The van der Waals surface area contributed by atoms with E-state index < -0.39 is 0 Å². The Kier molecular flexibility index (Phi) is 4.74. The average molecular weight is 267 g/mol. The normalized spacial score (nSPS) is 9.61. The predicted molar refractivity (Wildman–Crippen MR) is 72.2 cm³/mol. The van der Waals surface area contributed by atoms with Gasteiger partial charge in [0.25, 0.3) is 0 Å². The number of amidine groups is 1. The maximum absolute atomic E-state index is 7.34. The van der Waals surface area contributed by atoms with Crippen molar-refractivity contribution in [2.75, 3.05) is 0 Å². The Hall–Kier alpha value is -2.01. The number of nitrogen functional groups attached to an aromatic ring is 1. The van der Waals surface area contributed by atoms with Crippen molar-refractivity contribution in [2.45, 2.75) is 6.61 Å². The Labute approximate surface area is 112 Å². The first kappa shape index (κ1) is 14.1. The van der Waals surface area contributed by atoms with Crippen LogP contribution in [-0.2, 0) is 13.7 Å². The third-order valence-electron chi connectivity index (χ3n) is 2.43. The van der Waals surface area contributed by atoms with Gasteiger partial charge in [-0.1, -0.05) is 12.1 Å². The number of nitrogens with one attached hydrogen (secondary N) is 1. The summed E-state index contributed by atoms with van der Waals surface area (Å²) in [7, 11) is 1.91. The van der Waals surface area contributed by atoms with Crippen LogP contribution in [0.5, 0.6) is 5.75 Å². The number of hydrogen-bond acceptors (Lipinski definition) is 3. The maximum atomic E-state index is 7.34. The van der Waals surface area contributed by atoms with Crippen molar-refractivity contribution in [3.63, 3.8) is 0 Å². The van der Waals surface area contributed by atoms with Gasteiger partial charge in [-0.2, -0.15) is 0 Å². The van der Waals surface area contributed by atoms with Gasteiger partial charge >= 0.3 is 0 Å². The highest BCUT2D eigenvalue weighted by Gasteiger charge is 2.02. The molecule has 18 heavy (non-hydrogen) atoms. The lowest BCUT2D eigenvalue weighted by atomic mass is 10.2. The lowest BCUT2D eigenvalue weighted by Crippen LogP contribution is -2.11. The Bertz CT molecular complexity index is 538. The molecule has 2 rings (SSSR count). The molecule has 1 aromatic heterocycles. The maximum Gasteiger partial charge on any atom is 0.146 e. The number of rotatable bonds is 4. The number of ether oxygens (including phenoxy) is 1. The fraction of sp³-hybridized carbons (Fsp3) is 0.167. The van der Waals surface area contributed by atoms with E-state index in [4.69, 9.17) is 15.9 Å². The number of nitrogens with zero attached hydrogens (tertiary/aromatic N) is 2. The second-order valence-electron chi connectivity index (χ2n) is 3.68. The van der Waals surface area contributed by atoms with Crippen molar-refractivity contribution in [3.8, 4) is 5.75 Å². The topological polar surface area (TPSA) is 76.9 Å². The molecule has 0 aliphatic carbocycles. The number of benzene rings is 1. The number of halogens is 1. The van der Waals surface area contributed by atoms with E-state index in [0.717, 1.165) is 5.82 Å². The summed E-state index contributed by atoms with van der Waals surface area (Å²) in [6.45, 7) is 0.394. The van der Waals surface area contributed by atoms with Crippen LogP contribution in [0.4, 0.5) is 0 Å². The SMILES string of the molecule is Cl.Cn1ccnc1COc1cccc(C(=N)N)c1. The summed E-state index contributed by atoms with van der Waals surface area (Å²) in [6, 6.07) is 7.15. The molecule has 0 unspecified atom stereocenters. The zero-order valence-corrected chi connectivity index (χ0v) is 10.8. The van der Waals surface area contributed by atoms with Gasteiger partial charge in [0, 0.05) is 25.0 Å². The van der Waals surface area contributed by atoms with Gasteiger partial charge in [0.1, 0.15) is 24.0 Å². The summed E-state index contributed by atoms with van der Waals surface area (Å²) >= 11 is 0. The zero-order chi connectivity index (χ0) is 12.3. The number of imidazole rings is 1. The van der Waals surface area contributed by atoms with Crippen LogP contribution in [-0.4, -0.2) is 15.4 Å². The van der Waals surface area contributed by atoms with Crippen LogP contribution in [0.25, 0.3) is 0 Å². The summed E-state index contributed by atoms with van der Waals surface area (Å²) in [6.07, 6.45) is 3.59. The van der Waals surface area contributed by atoms with Crippen LogP contribution >= 0.6 is 12.4 Å². The minimum Gasteiger partial charge on any atom is -0.486 e. The van der Waals surface area contributed by atoms with Crippen LogP contribution in [0.3, 0.4) is 0 Å². The van der Waals surface area contributed by atoms with E-state index in [2.05, 4.69) is 4.98 Å². The quantitative estimate of drug-likeness (QED) is 0.653. The summed E-state index contributed by atoms with van der Waals surface area (Å²) in [4.78, 5) is 4.16.